The molecule has 0 saturated heterocycles. The summed E-state index contributed by atoms with van der Waals surface area (Å²) >= 11 is 0. The van der Waals surface area contributed by atoms with Crippen LogP contribution in [0.1, 0.15) is 20.8 Å². The van der Waals surface area contributed by atoms with Gasteiger partial charge in [-0.05, 0) is 0 Å². The minimum atomic E-state index is -0.833. The van der Waals surface area contributed by atoms with Crippen molar-refractivity contribution in [2.45, 2.75) is 20.8 Å². The van der Waals surface area contributed by atoms with Crippen LogP contribution in [0.5, 0.6) is 0 Å². The number of carboxylic acid groups (broad SMARTS) is 3. The van der Waals surface area contributed by atoms with E-state index in [2.05, 4.69) is 0 Å². The van der Waals surface area contributed by atoms with E-state index in [9.17, 15) is 0 Å². The van der Waals surface area contributed by atoms with Gasteiger partial charge >= 0.3 is 0 Å². The van der Waals surface area contributed by atoms with E-state index in [1.54, 1.807) is 0 Å². The zero-order chi connectivity index (χ0) is 10.7. The Balaban J connectivity index is -0.00000000675. The van der Waals surface area contributed by atoms with Gasteiger partial charge in [-0.25, -0.2) is 0 Å². The van der Waals surface area contributed by atoms with Gasteiger partial charge in [-0.3, -0.25) is 14.4 Å². The Labute approximate surface area is 119 Å². The molecule has 0 saturated carbocycles. The summed E-state index contributed by atoms with van der Waals surface area (Å²) in [5.41, 5.74) is 0. The third-order valence-corrected chi connectivity index (χ3v) is 0. The van der Waals surface area contributed by atoms with Crippen LogP contribution in [-0.4, -0.2) is 66.1 Å². The maximum Gasteiger partial charge on any atom is 0.300 e. The second-order valence-corrected chi connectivity index (χ2v) is 1.56. The maximum absolute atomic E-state index is 9.00. The van der Waals surface area contributed by atoms with Crippen molar-refractivity contribution in [2.24, 2.45) is 0 Å². The molecule has 0 aromatic heterocycles. The summed E-state index contributed by atoms with van der Waals surface area (Å²) in [7, 11) is 0. The maximum atomic E-state index is 9.00. The molecule has 13 heteroatoms. The number of carbonyl (C=O) groups is 3. The average Bonchev–Trinajstić information content (AvgIpc) is 1.54. The first kappa shape index (κ1) is 83.2. The van der Waals surface area contributed by atoms with Gasteiger partial charge < -0.3 is 48.2 Å². The van der Waals surface area contributed by atoms with Crippen molar-refractivity contribution in [1.82, 2.24) is 0 Å². The Kier molecular flexibility index (Phi) is 304. The Morgan fingerprint density at radius 1 is 0.526 bits per heavy atom. The Morgan fingerprint density at radius 3 is 0.526 bits per heavy atom. The first-order valence-corrected chi connectivity index (χ1v) is 2.78. The van der Waals surface area contributed by atoms with Gasteiger partial charge in [0.25, 0.3) is 17.9 Å². The molecule has 0 atom stereocenters. The van der Waals surface area contributed by atoms with Crippen molar-refractivity contribution in [1.29, 1.82) is 0 Å². The topological polar surface area (TPSA) is 301 Å². The van der Waals surface area contributed by atoms with Gasteiger partial charge in [0.1, 0.15) is 0 Å². The minimum Gasteiger partial charge on any atom is -0.481 e. The molecule has 0 unspecified atom stereocenters. The normalized spacial score (nSPS) is 3.95. The fourth-order valence-corrected chi connectivity index (χ4v) is 0. The molecule has 0 spiro atoms. The van der Waals surface area contributed by atoms with E-state index in [4.69, 9.17) is 29.7 Å². The summed E-state index contributed by atoms with van der Waals surface area (Å²) in [6.45, 7) is 3.25. The van der Waals surface area contributed by atoms with Crippen LogP contribution in [0.25, 0.3) is 0 Å². The minimum absolute atomic E-state index is 0. The van der Waals surface area contributed by atoms with Gasteiger partial charge in [-0.2, -0.15) is 0 Å². The molecule has 15 N–H and O–H groups in total. The van der Waals surface area contributed by atoms with Gasteiger partial charge in [-0.1, -0.05) is 0 Å². The molecule has 0 heterocycles. The number of rotatable bonds is 0. The molecule has 0 aromatic carbocycles. The van der Waals surface area contributed by atoms with Crippen molar-refractivity contribution in [3.8, 4) is 0 Å². The van der Waals surface area contributed by atoms with Gasteiger partial charge in [0.05, 0.1) is 0 Å². The molecule has 0 aromatic rings. The van der Waals surface area contributed by atoms with Crippen LogP contribution in [0.4, 0.5) is 0 Å². The van der Waals surface area contributed by atoms with E-state index in [1.165, 1.54) is 0 Å². The van der Waals surface area contributed by atoms with Gasteiger partial charge in [0, 0.05) is 38.1 Å². The van der Waals surface area contributed by atoms with E-state index >= 15 is 0 Å². The molecule has 0 fully saturated rings. The summed E-state index contributed by atoms with van der Waals surface area (Å²) in [5.74, 6) is -2.50. The summed E-state index contributed by atoms with van der Waals surface area (Å²) in [4.78, 5) is 27.0. The molecule has 0 aliphatic heterocycles. The van der Waals surface area contributed by atoms with Crippen molar-refractivity contribution in [2.75, 3.05) is 0 Å². The van der Waals surface area contributed by atoms with Crippen LogP contribution in [0.3, 0.4) is 0 Å². The zero-order valence-corrected chi connectivity index (χ0v) is 11.7. The Hall–Kier alpha value is -1.30. The molecular formula is C6H24CrO12. The zero-order valence-electron chi connectivity index (χ0n) is 10.5. The third kappa shape index (κ3) is 2140. The van der Waals surface area contributed by atoms with Gasteiger partial charge in [0.2, 0.25) is 0 Å². The quantitative estimate of drug-likeness (QED) is 0.388. The SMILES string of the molecule is CC(=O)O.CC(=O)O.CC(=O)O.O.O.O.O.O.O.[Cr]. The second kappa shape index (κ2) is 69.4. The molecule has 0 bridgehead atoms. The average molecular weight is 340 g/mol. The van der Waals surface area contributed by atoms with E-state index in [1.807, 2.05) is 0 Å². The predicted octanol–water partition coefficient (Wildman–Crippen LogP) is -4.68. The van der Waals surface area contributed by atoms with Crippen molar-refractivity contribution in [3.63, 3.8) is 0 Å². The van der Waals surface area contributed by atoms with Crippen molar-refractivity contribution in [3.05, 3.63) is 0 Å². The van der Waals surface area contributed by atoms with E-state index in [-0.39, 0.29) is 50.2 Å². The van der Waals surface area contributed by atoms with Crippen LogP contribution in [0.15, 0.2) is 0 Å². The van der Waals surface area contributed by atoms with Crippen LogP contribution >= 0.6 is 0 Å². The van der Waals surface area contributed by atoms with Crippen LogP contribution in [0, 0.1) is 0 Å². The molecule has 0 amide bonds. The van der Waals surface area contributed by atoms with Crippen molar-refractivity contribution < 1.29 is 79.9 Å². The van der Waals surface area contributed by atoms with Crippen molar-refractivity contribution >= 4 is 17.9 Å². The van der Waals surface area contributed by atoms with Crippen LogP contribution in [0.2, 0.25) is 0 Å². The largest absolute Gasteiger partial charge is 0.481 e. The molecule has 0 radical (unpaired) electrons. The van der Waals surface area contributed by atoms with Crippen LogP contribution in [-0.2, 0) is 31.7 Å². The summed E-state index contributed by atoms with van der Waals surface area (Å²) < 4.78 is 0. The first-order chi connectivity index (χ1) is 5.20. The number of hydrogen-bond donors (Lipinski definition) is 3. The summed E-state index contributed by atoms with van der Waals surface area (Å²) in [6, 6.07) is 0. The fraction of sp³-hybridized carbons (Fsp3) is 0.500. The molecular weight excluding hydrogens is 316 g/mol. The monoisotopic (exact) mass is 340 g/mol. The summed E-state index contributed by atoms with van der Waals surface area (Å²) in [5, 5.41) is 22.2. The fourth-order valence-electron chi connectivity index (χ4n) is 0. The number of hydrogen-bond acceptors (Lipinski definition) is 3. The Morgan fingerprint density at radius 2 is 0.526 bits per heavy atom. The van der Waals surface area contributed by atoms with E-state index in [0.717, 1.165) is 20.8 Å². The molecule has 126 valence electrons. The number of carboxylic acids is 3. The Bertz CT molecular complexity index is 120. The second-order valence-electron chi connectivity index (χ2n) is 1.56. The van der Waals surface area contributed by atoms with E-state index in [0.29, 0.717) is 0 Å². The van der Waals surface area contributed by atoms with Crippen LogP contribution < -0.4 is 0 Å². The third-order valence-electron chi connectivity index (χ3n) is 0. The molecule has 0 rings (SSSR count). The smallest absolute Gasteiger partial charge is 0.300 e. The van der Waals surface area contributed by atoms with E-state index < -0.39 is 17.9 Å². The molecule has 19 heavy (non-hydrogen) atoms. The number of aliphatic carboxylic acids is 3. The van der Waals surface area contributed by atoms with Gasteiger partial charge in [-0.15, -0.1) is 0 Å². The summed E-state index contributed by atoms with van der Waals surface area (Å²) in [6.07, 6.45) is 0. The first-order valence-electron chi connectivity index (χ1n) is 2.78. The van der Waals surface area contributed by atoms with Gasteiger partial charge in [0.15, 0.2) is 0 Å². The molecule has 0 aliphatic rings. The molecule has 0 aliphatic carbocycles. The predicted molar refractivity (Wildman–Crippen MR) is 61.6 cm³/mol. The molecule has 12 nitrogen and oxygen atoms in total. The standard InChI is InChI=1S/3C2H4O2.Cr.6H2O/c3*1-2(3)4;;;;;;;/h3*1H3,(H,3,4);;6*1H2.